The molecule has 3 aromatic rings. The van der Waals surface area contributed by atoms with E-state index in [-0.39, 0.29) is 0 Å². The van der Waals surface area contributed by atoms with E-state index in [4.69, 9.17) is 0 Å². The van der Waals surface area contributed by atoms with Gasteiger partial charge in [0, 0.05) is 37.4 Å². The minimum absolute atomic E-state index is 0.571. The average Bonchev–Trinajstić information content (AvgIpc) is 3.21. The average molecular weight is 357 g/mol. The number of pyridine rings is 2. The van der Waals surface area contributed by atoms with Crippen LogP contribution < -0.4 is 10.2 Å². The number of hydrogen-bond acceptors (Lipinski definition) is 5. The lowest BCUT2D eigenvalue weighted by molar-refractivity contribution is 0.931. The summed E-state index contributed by atoms with van der Waals surface area (Å²) < 4.78 is 0. The number of nitrogens with one attached hydrogen (secondary N) is 1. The van der Waals surface area contributed by atoms with Gasteiger partial charge < -0.3 is 10.2 Å². The number of nitrogens with zero attached hydrogens (tertiary/aromatic N) is 4. The molecule has 1 aromatic carbocycles. The molecule has 5 heteroatoms. The molecule has 3 heterocycles. The van der Waals surface area contributed by atoms with E-state index in [0.717, 1.165) is 46.6 Å². The van der Waals surface area contributed by atoms with Crippen molar-refractivity contribution in [1.29, 1.82) is 5.26 Å². The van der Waals surface area contributed by atoms with Gasteiger partial charge in [-0.2, -0.15) is 5.26 Å². The smallest absolute Gasteiger partial charge is 0.128 e. The summed E-state index contributed by atoms with van der Waals surface area (Å²) in [6, 6.07) is 10.7. The van der Waals surface area contributed by atoms with Crippen LogP contribution in [0.3, 0.4) is 0 Å². The van der Waals surface area contributed by atoms with Gasteiger partial charge in [-0.25, -0.2) is 4.98 Å². The van der Waals surface area contributed by atoms with E-state index in [9.17, 15) is 5.26 Å². The van der Waals surface area contributed by atoms with Crippen molar-refractivity contribution in [2.75, 3.05) is 23.3 Å². The maximum absolute atomic E-state index is 9.55. The number of rotatable bonds is 4. The monoisotopic (exact) mass is 357 g/mol. The van der Waals surface area contributed by atoms with Gasteiger partial charge in [-0.05, 0) is 56.0 Å². The number of fused-ring (bicyclic) bond motifs is 1. The highest BCUT2D eigenvalue weighted by Crippen LogP contribution is 2.29. The van der Waals surface area contributed by atoms with Crippen molar-refractivity contribution in [3.8, 4) is 6.07 Å². The Hall–Kier alpha value is -3.13. The Morgan fingerprint density at radius 2 is 1.96 bits per heavy atom. The molecular formula is C22H23N5. The highest BCUT2D eigenvalue weighted by Gasteiger charge is 2.14. The van der Waals surface area contributed by atoms with Crippen LogP contribution in [0.5, 0.6) is 0 Å². The minimum atomic E-state index is 0.571. The van der Waals surface area contributed by atoms with Gasteiger partial charge in [0.2, 0.25) is 0 Å². The maximum Gasteiger partial charge on any atom is 0.128 e. The Bertz CT molecular complexity index is 1030. The maximum atomic E-state index is 9.55. The van der Waals surface area contributed by atoms with E-state index in [2.05, 4.69) is 58.3 Å². The molecule has 0 saturated carbocycles. The van der Waals surface area contributed by atoms with Gasteiger partial charge in [0.1, 0.15) is 11.9 Å². The molecule has 0 spiro atoms. The SMILES string of the molecule is Cc1cc(C)c2ncc(C#N)c(NCc3ccnc(N4CCCC4)c3)c2c1. The number of benzene rings is 1. The molecule has 0 amide bonds. The highest BCUT2D eigenvalue weighted by molar-refractivity contribution is 5.96. The molecule has 136 valence electrons. The Morgan fingerprint density at radius 1 is 1.15 bits per heavy atom. The van der Waals surface area contributed by atoms with Crippen LogP contribution in [-0.4, -0.2) is 23.1 Å². The second-order valence-corrected chi connectivity index (χ2v) is 7.21. The third-order valence-electron chi connectivity index (χ3n) is 5.14. The van der Waals surface area contributed by atoms with E-state index in [1.54, 1.807) is 6.20 Å². The summed E-state index contributed by atoms with van der Waals surface area (Å²) >= 11 is 0. The first kappa shape index (κ1) is 17.3. The van der Waals surface area contributed by atoms with Crippen LogP contribution in [-0.2, 0) is 6.54 Å². The van der Waals surface area contributed by atoms with Crippen molar-refractivity contribution in [3.63, 3.8) is 0 Å². The van der Waals surface area contributed by atoms with Gasteiger partial charge in [0.15, 0.2) is 0 Å². The van der Waals surface area contributed by atoms with Crippen molar-refractivity contribution in [1.82, 2.24) is 9.97 Å². The van der Waals surface area contributed by atoms with Crippen LogP contribution in [0.1, 0.15) is 35.1 Å². The third kappa shape index (κ3) is 3.43. The Morgan fingerprint density at radius 3 is 2.74 bits per heavy atom. The van der Waals surface area contributed by atoms with Gasteiger partial charge in [-0.3, -0.25) is 4.98 Å². The largest absolute Gasteiger partial charge is 0.379 e. The zero-order chi connectivity index (χ0) is 18.8. The molecule has 0 atom stereocenters. The second-order valence-electron chi connectivity index (χ2n) is 7.21. The number of nitriles is 1. The first-order valence-electron chi connectivity index (χ1n) is 9.39. The lowest BCUT2D eigenvalue weighted by Crippen LogP contribution is -2.19. The number of anilines is 2. The fraction of sp³-hybridized carbons (Fsp3) is 0.318. The van der Waals surface area contributed by atoms with Gasteiger partial charge in [0.05, 0.1) is 16.8 Å². The molecule has 0 bridgehead atoms. The van der Waals surface area contributed by atoms with E-state index in [1.807, 2.05) is 12.3 Å². The second kappa shape index (κ2) is 7.24. The molecule has 2 aromatic heterocycles. The zero-order valence-corrected chi connectivity index (χ0v) is 15.8. The molecule has 1 fully saturated rings. The predicted octanol–water partition coefficient (Wildman–Crippen LogP) is 4.33. The van der Waals surface area contributed by atoms with Crippen LogP contribution in [0.2, 0.25) is 0 Å². The molecule has 1 saturated heterocycles. The summed E-state index contributed by atoms with van der Waals surface area (Å²) in [4.78, 5) is 11.3. The molecule has 1 aliphatic heterocycles. The molecular weight excluding hydrogens is 334 g/mol. The molecule has 27 heavy (non-hydrogen) atoms. The molecule has 0 radical (unpaired) electrons. The highest BCUT2D eigenvalue weighted by atomic mass is 15.2. The molecule has 0 unspecified atom stereocenters. The molecule has 5 nitrogen and oxygen atoms in total. The van der Waals surface area contributed by atoms with E-state index in [0.29, 0.717) is 12.1 Å². The fourth-order valence-electron chi connectivity index (χ4n) is 3.82. The van der Waals surface area contributed by atoms with E-state index < -0.39 is 0 Å². The lowest BCUT2D eigenvalue weighted by Gasteiger charge is -2.17. The third-order valence-corrected chi connectivity index (χ3v) is 5.14. The van der Waals surface area contributed by atoms with Gasteiger partial charge in [0.25, 0.3) is 0 Å². The number of aromatic nitrogens is 2. The van der Waals surface area contributed by atoms with Crippen molar-refractivity contribution >= 4 is 22.4 Å². The van der Waals surface area contributed by atoms with Crippen LogP contribution in [0.4, 0.5) is 11.5 Å². The summed E-state index contributed by atoms with van der Waals surface area (Å²) in [7, 11) is 0. The summed E-state index contributed by atoms with van der Waals surface area (Å²) in [5.74, 6) is 1.04. The van der Waals surface area contributed by atoms with Crippen LogP contribution >= 0.6 is 0 Å². The summed E-state index contributed by atoms with van der Waals surface area (Å²) in [6.07, 6.45) is 6.00. The first-order chi connectivity index (χ1) is 13.2. The standard InChI is InChI=1S/C22H23N5/c1-15-9-16(2)21-19(10-15)22(18(12-23)14-26-21)25-13-17-5-6-24-20(11-17)27-7-3-4-8-27/h5-6,9-11,14H,3-4,7-8,13H2,1-2H3,(H,25,26). The Balaban J connectivity index is 1.66. The Labute approximate surface area is 159 Å². The lowest BCUT2D eigenvalue weighted by atomic mass is 10.0. The first-order valence-corrected chi connectivity index (χ1v) is 9.39. The van der Waals surface area contributed by atoms with Crippen molar-refractivity contribution in [2.24, 2.45) is 0 Å². The normalized spacial score (nSPS) is 13.7. The zero-order valence-electron chi connectivity index (χ0n) is 15.8. The van der Waals surface area contributed by atoms with Crippen molar-refractivity contribution in [3.05, 3.63) is 58.9 Å². The fourth-order valence-corrected chi connectivity index (χ4v) is 3.82. The van der Waals surface area contributed by atoms with Crippen LogP contribution in [0.15, 0.2) is 36.7 Å². The van der Waals surface area contributed by atoms with Gasteiger partial charge in [-0.15, -0.1) is 0 Å². The summed E-state index contributed by atoms with van der Waals surface area (Å²) in [5, 5.41) is 14.0. The van der Waals surface area contributed by atoms with Crippen molar-refractivity contribution < 1.29 is 0 Å². The van der Waals surface area contributed by atoms with Crippen LogP contribution in [0.25, 0.3) is 10.9 Å². The summed E-state index contributed by atoms with van der Waals surface area (Å²) in [6.45, 7) is 6.93. The molecule has 1 N–H and O–H groups in total. The van der Waals surface area contributed by atoms with E-state index >= 15 is 0 Å². The van der Waals surface area contributed by atoms with Crippen molar-refractivity contribution in [2.45, 2.75) is 33.2 Å². The summed E-state index contributed by atoms with van der Waals surface area (Å²) in [5.41, 5.74) is 5.81. The minimum Gasteiger partial charge on any atom is -0.379 e. The quantitative estimate of drug-likeness (QED) is 0.753. The molecule has 0 aliphatic carbocycles. The molecule has 4 rings (SSSR count). The Kier molecular flexibility index (Phi) is 4.64. The van der Waals surface area contributed by atoms with Crippen LogP contribution in [0, 0.1) is 25.2 Å². The predicted molar refractivity (Wildman–Crippen MR) is 109 cm³/mol. The topological polar surface area (TPSA) is 64.8 Å². The number of hydrogen-bond donors (Lipinski definition) is 1. The van der Waals surface area contributed by atoms with Gasteiger partial charge in [-0.1, -0.05) is 11.6 Å². The number of aryl methyl sites for hydroxylation is 2. The van der Waals surface area contributed by atoms with E-state index in [1.165, 1.54) is 18.4 Å². The van der Waals surface area contributed by atoms with Gasteiger partial charge >= 0.3 is 0 Å². The molecule has 1 aliphatic rings.